The molecule has 1 aromatic rings. The maximum Gasteiger partial charge on any atom is 0.342 e. The van der Waals surface area contributed by atoms with Crippen LogP contribution < -0.4 is 0 Å². The van der Waals surface area contributed by atoms with Crippen LogP contribution in [0.3, 0.4) is 0 Å². The number of hydrogen-bond acceptors (Lipinski definition) is 6. The highest BCUT2D eigenvalue weighted by atomic mass is 16.5. The van der Waals surface area contributed by atoms with Gasteiger partial charge >= 0.3 is 11.9 Å². The number of fused-ring (bicyclic) bond motifs is 3. The van der Waals surface area contributed by atoms with Crippen LogP contribution in [0, 0.1) is 16.7 Å². The van der Waals surface area contributed by atoms with E-state index in [1.807, 2.05) is 26.0 Å². The maximum atomic E-state index is 12.8. The van der Waals surface area contributed by atoms with Gasteiger partial charge in [0.15, 0.2) is 5.60 Å². The monoisotopic (exact) mass is 372 g/mol. The molecule has 27 heavy (non-hydrogen) atoms. The second-order valence-corrected chi connectivity index (χ2v) is 8.26. The molecule has 1 saturated heterocycles. The van der Waals surface area contributed by atoms with Crippen LogP contribution in [0.2, 0.25) is 0 Å². The molecule has 0 amide bonds. The van der Waals surface area contributed by atoms with Crippen molar-refractivity contribution >= 4 is 11.9 Å². The summed E-state index contributed by atoms with van der Waals surface area (Å²) in [7, 11) is 1.28. The molecule has 0 bridgehead atoms. The highest BCUT2D eigenvalue weighted by molar-refractivity contribution is 5.92. The SMILES string of the molecule is COC(=O)[C@@]1(O)C=CC[C@H]2[C@]3(C)C[C@@H](c4ccoc4)OC(=O)C3=CC[C@]21C. The van der Waals surface area contributed by atoms with E-state index in [0.717, 1.165) is 5.56 Å². The fraction of sp³-hybridized carbons (Fsp3) is 0.524. The minimum absolute atomic E-state index is 0.124. The first-order valence-electron chi connectivity index (χ1n) is 9.18. The number of rotatable bonds is 2. The van der Waals surface area contributed by atoms with Crippen LogP contribution in [-0.4, -0.2) is 29.8 Å². The molecule has 0 radical (unpaired) electrons. The molecular weight excluding hydrogens is 348 g/mol. The van der Waals surface area contributed by atoms with Crippen molar-refractivity contribution in [2.24, 2.45) is 16.7 Å². The van der Waals surface area contributed by atoms with Crippen molar-refractivity contribution < 1.29 is 28.6 Å². The van der Waals surface area contributed by atoms with Gasteiger partial charge in [0.1, 0.15) is 6.10 Å². The molecule has 1 aromatic heterocycles. The number of cyclic esters (lactones) is 1. The molecule has 0 saturated carbocycles. The summed E-state index contributed by atoms with van der Waals surface area (Å²) in [5.41, 5.74) is -1.62. The zero-order chi connectivity index (χ0) is 19.4. The van der Waals surface area contributed by atoms with E-state index in [2.05, 4.69) is 0 Å². The summed E-state index contributed by atoms with van der Waals surface area (Å²) >= 11 is 0. The molecule has 6 nitrogen and oxygen atoms in total. The summed E-state index contributed by atoms with van der Waals surface area (Å²) in [5, 5.41) is 11.3. The average molecular weight is 372 g/mol. The smallest absolute Gasteiger partial charge is 0.342 e. The molecule has 1 N–H and O–H groups in total. The predicted octanol–water partition coefficient (Wildman–Crippen LogP) is 3.09. The molecule has 2 heterocycles. The van der Waals surface area contributed by atoms with Crippen molar-refractivity contribution in [2.75, 3.05) is 7.11 Å². The van der Waals surface area contributed by atoms with Crippen LogP contribution in [0.5, 0.6) is 0 Å². The van der Waals surface area contributed by atoms with Crippen LogP contribution >= 0.6 is 0 Å². The number of carbonyl (C=O) groups is 2. The number of furan rings is 1. The Bertz CT molecular complexity index is 837. The highest BCUT2D eigenvalue weighted by Gasteiger charge is 2.65. The predicted molar refractivity (Wildman–Crippen MR) is 95.3 cm³/mol. The van der Waals surface area contributed by atoms with E-state index in [9.17, 15) is 14.7 Å². The van der Waals surface area contributed by atoms with Crippen LogP contribution in [0.25, 0.3) is 0 Å². The van der Waals surface area contributed by atoms with Crippen LogP contribution in [0.4, 0.5) is 0 Å². The number of aliphatic hydroxyl groups is 1. The minimum atomic E-state index is -1.73. The van der Waals surface area contributed by atoms with Gasteiger partial charge in [-0.05, 0) is 37.3 Å². The van der Waals surface area contributed by atoms with Crippen molar-refractivity contribution in [3.05, 3.63) is 48.0 Å². The Morgan fingerprint density at radius 3 is 2.81 bits per heavy atom. The molecule has 2 aliphatic carbocycles. The second-order valence-electron chi connectivity index (χ2n) is 8.26. The Hall–Kier alpha value is -2.34. The normalized spacial score (nSPS) is 40.4. The molecule has 6 heteroatoms. The molecule has 1 fully saturated rings. The van der Waals surface area contributed by atoms with Gasteiger partial charge in [-0.2, -0.15) is 0 Å². The van der Waals surface area contributed by atoms with E-state index in [4.69, 9.17) is 13.9 Å². The van der Waals surface area contributed by atoms with Crippen molar-refractivity contribution in [1.29, 1.82) is 0 Å². The Labute approximate surface area is 157 Å². The van der Waals surface area contributed by atoms with Gasteiger partial charge in [-0.1, -0.05) is 26.0 Å². The first kappa shape index (κ1) is 18.0. The summed E-state index contributed by atoms with van der Waals surface area (Å²) in [6.07, 6.45) is 9.55. The number of hydrogen-bond donors (Lipinski definition) is 1. The fourth-order valence-corrected chi connectivity index (χ4v) is 5.38. The quantitative estimate of drug-likeness (QED) is 0.634. The van der Waals surface area contributed by atoms with Crippen molar-refractivity contribution in [3.8, 4) is 0 Å². The first-order valence-corrected chi connectivity index (χ1v) is 9.18. The average Bonchev–Trinajstić information content (AvgIpc) is 3.16. The number of allylic oxidation sites excluding steroid dienone is 2. The van der Waals surface area contributed by atoms with Gasteiger partial charge in [-0.25, -0.2) is 9.59 Å². The number of carbonyl (C=O) groups excluding carboxylic acids is 2. The number of methoxy groups -OCH3 is 1. The largest absolute Gasteiger partial charge is 0.472 e. The summed E-state index contributed by atoms with van der Waals surface area (Å²) in [5.74, 6) is -1.13. The van der Waals surface area contributed by atoms with E-state index in [-0.39, 0.29) is 11.9 Å². The molecule has 3 aliphatic rings. The highest BCUT2D eigenvalue weighted by Crippen LogP contribution is 2.63. The van der Waals surface area contributed by atoms with Gasteiger partial charge in [0.05, 0.1) is 19.6 Å². The molecule has 0 unspecified atom stereocenters. The Kier molecular flexibility index (Phi) is 3.89. The zero-order valence-electron chi connectivity index (χ0n) is 15.7. The van der Waals surface area contributed by atoms with Crippen molar-refractivity contribution in [1.82, 2.24) is 0 Å². The standard InChI is InChI=1S/C21H24O6/c1-19-11-15(13-7-10-26-12-13)27-17(22)14(19)6-9-20(2)16(19)5-4-8-21(20,24)18(23)25-3/h4,6-8,10,12,15-16,24H,5,9,11H2,1-3H3/t15-,16-,19+,20+,21-/m0/s1. The summed E-state index contributed by atoms with van der Waals surface area (Å²) in [6.45, 7) is 3.94. The van der Waals surface area contributed by atoms with E-state index in [1.54, 1.807) is 24.7 Å². The van der Waals surface area contributed by atoms with Gasteiger partial charge in [0.2, 0.25) is 0 Å². The molecule has 0 aromatic carbocycles. The van der Waals surface area contributed by atoms with E-state index in [0.29, 0.717) is 24.8 Å². The molecule has 4 rings (SSSR count). The number of ether oxygens (including phenoxy) is 2. The van der Waals surface area contributed by atoms with E-state index in [1.165, 1.54) is 7.11 Å². The summed E-state index contributed by atoms with van der Waals surface area (Å²) in [4.78, 5) is 25.3. The van der Waals surface area contributed by atoms with E-state index >= 15 is 0 Å². The lowest BCUT2D eigenvalue weighted by Crippen LogP contribution is -2.62. The van der Waals surface area contributed by atoms with Gasteiger partial charge < -0.3 is 19.0 Å². The summed E-state index contributed by atoms with van der Waals surface area (Å²) in [6, 6.07) is 1.80. The molecule has 144 valence electrons. The van der Waals surface area contributed by atoms with Gasteiger partial charge in [0, 0.05) is 22.0 Å². The third-order valence-corrected chi connectivity index (χ3v) is 6.98. The minimum Gasteiger partial charge on any atom is -0.472 e. The zero-order valence-corrected chi connectivity index (χ0v) is 15.7. The van der Waals surface area contributed by atoms with Gasteiger partial charge in [-0.15, -0.1) is 0 Å². The molecule has 5 atom stereocenters. The van der Waals surface area contributed by atoms with Crippen molar-refractivity contribution in [3.63, 3.8) is 0 Å². The summed E-state index contributed by atoms with van der Waals surface area (Å²) < 4.78 is 15.7. The maximum absolute atomic E-state index is 12.8. The van der Waals surface area contributed by atoms with Crippen LogP contribution in [0.1, 0.15) is 44.8 Å². The third-order valence-electron chi connectivity index (χ3n) is 6.98. The van der Waals surface area contributed by atoms with E-state index < -0.39 is 28.5 Å². The van der Waals surface area contributed by atoms with Crippen LogP contribution in [-0.2, 0) is 19.1 Å². The van der Waals surface area contributed by atoms with Gasteiger partial charge in [-0.3, -0.25) is 0 Å². The fourth-order valence-electron chi connectivity index (χ4n) is 5.38. The molecule has 0 spiro atoms. The lowest BCUT2D eigenvalue weighted by atomic mass is 9.46. The lowest BCUT2D eigenvalue weighted by molar-refractivity contribution is -0.186. The Morgan fingerprint density at radius 1 is 1.37 bits per heavy atom. The van der Waals surface area contributed by atoms with Crippen LogP contribution in [0.15, 0.2) is 46.8 Å². The topological polar surface area (TPSA) is 86.0 Å². The second kappa shape index (κ2) is 5.83. The first-order chi connectivity index (χ1) is 12.8. The van der Waals surface area contributed by atoms with Crippen molar-refractivity contribution in [2.45, 2.75) is 44.8 Å². The Balaban J connectivity index is 1.80. The lowest BCUT2D eigenvalue weighted by Gasteiger charge is -2.58. The molecular formula is C21H24O6. The Morgan fingerprint density at radius 2 is 2.15 bits per heavy atom. The molecule has 1 aliphatic heterocycles. The number of esters is 2. The van der Waals surface area contributed by atoms with Gasteiger partial charge in [0.25, 0.3) is 0 Å². The third kappa shape index (κ3) is 2.29.